The highest BCUT2D eigenvalue weighted by Gasteiger charge is 2.35. The largest absolute Gasteiger partial charge is 0.480 e. The van der Waals surface area contributed by atoms with Gasteiger partial charge in [0.25, 0.3) is 0 Å². The number of benzene rings is 1. The molecule has 1 aromatic carbocycles. The molecule has 19 heavy (non-hydrogen) atoms. The van der Waals surface area contributed by atoms with E-state index in [1.54, 1.807) is 12.1 Å². The Kier molecular flexibility index (Phi) is 3.80. The van der Waals surface area contributed by atoms with Gasteiger partial charge in [0.2, 0.25) is 0 Å². The Labute approximate surface area is 108 Å². The quantitative estimate of drug-likeness (QED) is 0.920. The fourth-order valence-corrected chi connectivity index (χ4v) is 2.42. The summed E-state index contributed by atoms with van der Waals surface area (Å²) >= 11 is 0. The van der Waals surface area contributed by atoms with Crippen LogP contribution in [0.15, 0.2) is 24.3 Å². The zero-order valence-corrected chi connectivity index (χ0v) is 10.2. The van der Waals surface area contributed by atoms with Crippen molar-refractivity contribution in [3.8, 4) is 0 Å². The van der Waals surface area contributed by atoms with Gasteiger partial charge < -0.3 is 5.11 Å². The Morgan fingerprint density at radius 3 is 2.68 bits per heavy atom. The summed E-state index contributed by atoms with van der Waals surface area (Å²) in [6.07, 6.45) is -4.67. The minimum absolute atomic E-state index is 0.283. The van der Waals surface area contributed by atoms with Gasteiger partial charge in [-0.25, -0.2) is 0 Å². The molecule has 3 nitrogen and oxygen atoms in total. The third kappa shape index (κ3) is 3.26. The molecular formula is C13H14F3NO2. The van der Waals surface area contributed by atoms with Gasteiger partial charge in [-0.3, -0.25) is 9.69 Å². The Hall–Kier alpha value is -1.56. The molecule has 1 aromatic rings. The third-order valence-electron chi connectivity index (χ3n) is 3.30. The van der Waals surface area contributed by atoms with E-state index < -0.39 is 24.6 Å². The Bertz CT molecular complexity index is 473. The number of carbonyl (C=O) groups is 1. The minimum atomic E-state index is -4.26. The smallest absolute Gasteiger partial charge is 0.390 e. The van der Waals surface area contributed by atoms with E-state index in [1.165, 1.54) is 4.90 Å². The predicted molar refractivity (Wildman–Crippen MR) is 62.8 cm³/mol. The normalized spacial score (nSPS) is 20.1. The summed E-state index contributed by atoms with van der Waals surface area (Å²) in [6.45, 7) is 0.0544. The molecule has 1 unspecified atom stereocenters. The first kappa shape index (κ1) is 13.9. The summed E-state index contributed by atoms with van der Waals surface area (Å²) < 4.78 is 36.8. The molecule has 1 aliphatic heterocycles. The molecule has 1 heterocycles. The zero-order chi connectivity index (χ0) is 14.0. The van der Waals surface area contributed by atoms with Crippen LogP contribution in [0.2, 0.25) is 0 Å². The van der Waals surface area contributed by atoms with E-state index in [2.05, 4.69) is 0 Å². The van der Waals surface area contributed by atoms with Crippen molar-refractivity contribution in [1.29, 1.82) is 0 Å². The van der Waals surface area contributed by atoms with Gasteiger partial charge in [0.1, 0.15) is 6.04 Å². The van der Waals surface area contributed by atoms with Crippen molar-refractivity contribution in [2.24, 2.45) is 0 Å². The lowest BCUT2D eigenvalue weighted by Crippen LogP contribution is -2.41. The van der Waals surface area contributed by atoms with E-state index in [-0.39, 0.29) is 6.54 Å². The number of carboxylic acids is 1. The van der Waals surface area contributed by atoms with E-state index in [1.807, 2.05) is 12.1 Å². The molecule has 0 aliphatic carbocycles. The number of hydrogen-bond donors (Lipinski definition) is 1. The van der Waals surface area contributed by atoms with Crippen LogP contribution in [0.1, 0.15) is 23.6 Å². The summed E-state index contributed by atoms with van der Waals surface area (Å²) in [7, 11) is 0. The summed E-state index contributed by atoms with van der Waals surface area (Å²) in [6, 6.07) is 6.04. The van der Waals surface area contributed by atoms with Gasteiger partial charge in [-0.1, -0.05) is 24.3 Å². The summed E-state index contributed by atoms with van der Waals surface area (Å²) in [5, 5.41) is 9.26. The number of halogens is 3. The number of fused-ring (bicyclic) bond motifs is 1. The highest BCUT2D eigenvalue weighted by atomic mass is 19.4. The van der Waals surface area contributed by atoms with Crippen LogP contribution in [0.3, 0.4) is 0 Å². The van der Waals surface area contributed by atoms with E-state index in [0.29, 0.717) is 18.5 Å². The number of hydrogen-bond acceptors (Lipinski definition) is 2. The van der Waals surface area contributed by atoms with Crippen molar-refractivity contribution >= 4 is 5.97 Å². The highest BCUT2D eigenvalue weighted by Crippen LogP contribution is 2.31. The third-order valence-corrected chi connectivity index (χ3v) is 3.30. The monoisotopic (exact) mass is 273 g/mol. The van der Waals surface area contributed by atoms with E-state index >= 15 is 0 Å². The van der Waals surface area contributed by atoms with Crippen LogP contribution >= 0.6 is 0 Å². The molecule has 1 atom stereocenters. The van der Waals surface area contributed by atoms with Gasteiger partial charge >= 0.3 is 12.1 Å². The molecule has 0 amide bonds. The van der Waals surface area contributed by atoms with Gasteiger partial charge in [-0.2, -0.15) is 13.2 Å². The van der Waals surface area contributed by atoms with Crippen LogP contribution in [-0.2, 0) is 11.2 Å². The highest BCUT2D eigenvalue weighted by molar-refractivity contribution is 5.76. The SMILES string of the molecule is O=C(O)C1c2ccccc2CCN1CCC(F)(F)F. The molecule has 0 spiro atoms. The first-order chi connectivity index (χ1) is 8.88. The minimum Gasteiger partial charge on any atom is -0.480 e. The van der Waals surface area contributed by atoms with Gasteiger partial charge in [0, 0.05) is 13.1 Å². The first-order valence-corrected chi connectivity index (χ1v) is 6.00. The van der Waals surface area contributed by atoms with Crippen molar-refractivity contribution in [3.63, 3.8) is 0 Å². The lowest BCUT2D eigenvalue weighted by atomic mass is 9.92. The van der Waals surface area contributed by atoms with Crippen LogP contribution in [0.25, 0.3) is 0 Å². The van der Waals surface area contributed by atoms with Crippen molar-refractivity contribution in [3.05, 3.63) is 35.4 Å². The zero-order valence-electron chi connectivity index (χ0n) is 10.2. The van der Waals surface area contributed by atoms with Crippen molar-refractivity contribution in [2.75, 3.05) is 13.1 Å². The fourth-order valence-electron chi connectivity index (χ4n) is 2.42. The van der Waals surface area contributed by atoms with Gasteiger partial charge in [-0.05, 0) is 17.5 Å². The first-order valence-electron chi connectivity index (χ1n) is 6.00. The second-order valence-electron chi connectivity index (χ2n) is 4.59. The Morgan fingerprint density at radius 2 is 2.05 bits per heavy atom. The van der Waals surface area contributed by atoms with Gasteiger partial charge in [-0.15, -0.1) is 0 Å². The van der Waals surface area contributed by atoms with E-state index in [0.717, 1.165) is 5.56 Å². The molecule has 6 heteroatoms. The van der Waals surface area contributed by atoms with E-state index in [4.69, 9.17) is 0 Å². The maximum absolute atomic E-state index is 12.3. The number of nitrogens with zero attached hydrogens (tertiary/aromatic N) is 1. The standard InChI is InChI=1S/C13H14F3NO2/c14-13(15,16)6-8-17-7-5-9-3-1-2-4-10(9)11(17)12(18)19/h1-4,11H,5-8H2,(H,18,19). The molecule has 0 saturated carbocycles. The van der Waals surface area contributed by atoms with Crippen LogP contribution in [0, 0.1) is 0 Å². The predicted octanol–water partition coefficient (Wildman–Crippen LogP) is 2.62. The Morgan fingerprint density at radius 1 is 1.37 bits per heavy atom. The van der Waals surface area contributed by atoms with Crippen LogP contribution in [0.5, 0.6) is 0 Å². The second kappa shape index (κ2) is 5.21. The topological polar surface area (TPSA) is 40.5 Å². The van der Waals surface area contributed by atoms with E-state index in [9.17, 15) is 23.1 Å². The molecule has 0 bridgehead atoms. The lowest BCUT2D eigenvalue weighted by Gasteiger charge is -2.34. The number of rotatable bonds is 3. The summed E-state index contributed by atoms with van der Waals surface area (Å²) in [4.78, 5) is 12.7. The average molecular weight is 273 g/mol. The maximum atomic E-state index is 12.3. The molecule has 1 aliphatic rings. The molecule has 1 N–H and O–H groups in total. The van der Waals surface area contributed by atoms with Crippen LogP contribution in [0.4, 0.5) is 13.2 Å². The molecule has 0 fully saturated rings. The lowest BCUT2D eigenvalue weighted by molar-refractivity contribution is -0.151. The molecule has 0 radical (unpaired) electrons. The van der Waals surface area contributed by atoms with Gasteiger partial charge in [0.05, 0.1) is 6.42 Å². The summed E-state index contributed by atoms with van der Waals surface area (Å²) in [5.74, 6) is -1.10. The maximum Gasteiger partial charge on any atom is 0.390 e. The van der Waals surface area contributed by atoms with Crippen LogP contribution < -0.4 is 0 Å². The number of alkyl halides is 3. The molecular weight excluding hydrogens is 259 g/mol. The molecule has 2 rings (SSSR count). The number of aliphatic carboxylic acids is 1. The van der Waals surface area contributed by atoms with Crippen molar-refractivity contribution in [1.82, 2.24) is 4.90 Å². The molecule has 0 saturated heterocycles. The van der Waals surface area contributed by atoms with Crippen LogP contribution in [-0.4, -0.2) is 35.2 Å². The molecule has 104 valence electrons. The Balaban J connectivity index is 2.20. The molecule has 0 aromatic heterocycles. The van der Waals surface area contributed by atoms with Crippen molar-refractivity contribution in [2.45, 2.75) is 25.1 Å². The van der Waals surface area contributed by atoms with Crippen molar-refractivity contribution < 1.29 is 23.1 Å². The number of carboxylic acid groups (broad SMARTS) is 1. The average Bonchev–Trinajstić information content (AvgIpc) is 2.34. The second-order valence-corrected chi connectivity index (χ2v) is 4.59. The summed E-state index contributed by atoms with van der Waals surface area (Å²) in [5.41, 5.74) is 1.50. The fraction of sp³-hybridized carbons (Fsp3) is 0.462. The van der Waals surface area contributed by atoms with Gasteiger partial charge in [0.15, 0.2) is 0 Å².